The van der Waals surface area contributed by atoms with Gasteiger partial charge in [0.1, 0.15) is 12.4 Å². The Hall–Kier alpha value is -3.07. The van der Waals surface area contributed by atoms with Crippen LogP contribution in [0.5, 0.6) is 0 Å². The van der Waals surface area contributed by atoms with Gasteiger partial charge in [0.25, 0.3) is 0 Å². The maximum atomic E-state index is 14.3. The fraction of sp³-hybridized carbons (Fsp3) is 0.400. The second-order valence-electron chi connectivity index (χ2n) is 6.53. The number of ether oxygens (including phenoxy) is 1. The summed E-state index contributed by atoms with van der Waals surface area (Å²) < 4.78 is 19.3. The van der Waals surface area contributed by atoms with Gasteiger partial charge in [0.2, 0.25) is 5.95 Å². The average molecular weight is 402 g/mol. The lowest BCUT2D eigenvalue weighted by Gasteiger charge is -2.31. The van der Waals surface area contributed by atoms with E-state index >= 15 is 0 Å². The molecule has 0 amide bonds. The molecule has 0 bridgehead atoms. The van der Waals surface area contributed by atoms with E-state index in [1.54, 1.807) is 24.5 Å². The molecule has 0 radical (unpaired) electrons. The van der Waals surface area contributed by atoms with Gasteiger partial charge in [-0.25, -0.2) is 14.4 Å². The highest BCUT2D eigenvalue weighted by Gasteiger charge is 2.25. The molecule has 0 spiro atoms. The number of halogens is 1. The molecule has 1 aliphatic heterocycles. The van der Waals surface area contributed by atoms with Crippen LogP contribution in [0.2, 0.25) is 0 Å². The van der Waals surface area contributed by atoms with Gasteiger partial charge >= 0.3 is 5.97 Å². The lowest BCUT2D eigenvalue weighted by molar-refractivity contribution is -0.145. The van der Waals surface area contributed by atoms with Gasteiger partial charge in [-0.3, -0.25) is 4.79 Å². The summed E-state index contributed by atoms with van der Waals surface area (Å²) in [5.41, 5.74) is 1.95. The number of aliphatic hydroxyl groups is 1. The third kappa shape index (κ3) is 5.26. The molecule has 1 aromatic carbocycles. The van der Waals surface area contributed by atoms with Crippen molar-refractivity contribution in [2.75, 3.05) is 31.2 Å². The third-order valence-electron chi connectivity index (χ3n) is 4.31. The Balaban J connectivity index is 1.47. The van der Waals surface area contributed by atoms with E-state index in [1.165, 1.54) is 6.07 Å². The van der Waals surface area contributed by atoms with E-state index in [9.17, 15) is 14.3 Å². The minimum atomic E-state index is -0.470. The van der Waals surface area contributed by atoms with Crippen LogP contribution in [-0.2, 0) is 21.0 Å². The number of oxime groups is 1. The van der Waals surface area contributed by atoms with E-state index in [1.807, 2.05) is 11.8 Å². The average Bonchev–Trinajstić information content (AvgIpc) is 2.70. The molecule has 1 saturated heterocycles. The molecule has 154 valence electrons. The Kier molecular flexibility index (Phi) is 7.07. The molecule has 8 nitrogen and oxygen atoms in total. The van der Waals surface area contributed by atoms with Gasteiger partial charge in [0, 0.05) is 35.5 Å². The van der Waals surface area contributed by atoms with Crippen LogP contribution < -0.4 is 4.90 Å². The summed E-state index contributed by atoms with van der Waals surface area (Å²) in [5, 5.41) is 13.2. The molecule has 1 N–H and O–H groups in total. The largest absolute Gasteiger partial charge is 0.462 e. The van der Waals surface area contributed by atoms with E-state index in [-0.39, 0.29) is 31.4 Å². The normalized spacial score (nSPS) is 13.1. The molecule has 1 fully saturated rings. The summed E-state index contributed by atoms with van der Waals surface area (Å²) in [7, 11) is 0. The van der Waals surface area contributed by atoms with Gasteiger partial charge in [-0.05, 0) is 6.42 Å². The predicted octanol–water partition coefficient (Wildman–Crippen LogP) is 2.31. The first-order valence-electron chi connectivity index (χ1n) is 9.41. The maximum Gasteiger partial charge on any atom is 0.305 e. The molecule has 0 unspecified atom stereocenters. The number of hydrogen-bond acceptors (Lipinski definition) is 8. The Bertz CT molecular complexity index is 865. The molecule has 2 aromatic rings. The maximum absolute atomic E-state index is 14.3. The molecule has 2 heterocycles. The molecular weight excluding hydrogens is 379 g/mol. The molecule has 0 saturated carbocycles. The summed E-state index contributed by atoms with van der Waals surface area (Å²) in [4.78, 5) is 26.8. The number of aromatic nitrogens is 2. The van der Waals surface area contributed by atoms with E-state index < -0.39 is 5.82 Å². The van der Waals surface area contributed by atoms with E-state index in [0.29, 0.717) is 36.6 Å². The lowest BCUT2D eigenvalue weighted by atomic mass is 10.1. The van der Waals surface area contributed by atoms with Crippen molar-refractivity contribution in [3.63, 3.8) is 0 Å². The van der Waals surface area contributed by atoms with Crippen LogP contribution in [0.4, 0.5) is 10.3 Å². The van der Waals surface area contributed by atoms with Crippen LogP contribution in [0.3, 0.4) is 0 Å². The zero-order chi connectivity index (χ0) is 20.6. The molecule has 1 aliphatic rings. The summed E-state index contributed by atoms with van der Waals surface area (Å²) in [6.07, 6.45) is 4.27. The molecule has 9 heteroatoms. The van der Waals surface area contributed by atoms with Gasteiger partial charge in [-0.15, -0.1) is 0 Å². The van der Waals surface area contributed by atoms with Gasteiger partial charge in [-0.1, -0.05) is 30.3 Å². The zero-order valence-corrected chi connectivity index (χ0v) is 16.2. The standard InChI is InChI=1S/C20H23FN4O4/c1-2-4-18(27)28-7-8-29-24-16-11-25(12-16)20-22-9-15(10-23-20)17-6-3-5-14(13-26)19(17)21/h3,5-6,9-10,26H,2,4,7-8,11-13H2,1H3. The van der Waals surface area contributed by atoms with Crippen LogP contribution in [0, 0.1) is 5.82 Å². The van der Waals surface area contributed by atoms with E-state index in [4.69, 9.17) is 9.57 Å². The highest BCUT2D eigenvalue weighted by Crippen LogP contribution is 2.25. The van der Waals surface area contributed by atoms with Crippen molar-refractivity contribution in [1.29, 1.82) is 0 Å². The molecule has 29 heavy (non-hydrogen) atoms. The summed E-state index contributed by atoms with van der Waals surface area (Å²) in [5.74, 6) is -0.190. The van der Waals surface area contributed by atoms with Crippen molar-refractivity contribution in [3.8, 4) is 11.1 Å². The van der Waals surface area contributed by atoms with Crippen molar-refractivity contribution >= 4 is 17.6 Å². The van der Waals surface area contributed by atoms with E-state index in [0.717, 1.165) is 12.1 Å². The number of benzene rings is 1. The Morgan fingerprint density at radius 3 is 2.72 bits per heavy atom. The number of carbonyl (C=O) groups is 1. The zero-order valence-electron chi connectivity index (χ0n) is 16.2. The quantitative estimate of drug-likeness (QED) is 0.390. The first kappa shape index (κ1) is 20.7. The summed E-state index contributed by atoms with van der Waals surface area (Å²) in [6, 6.07) is 4.84. The fourth-order valence-corrected chi connectivity index (χ4v) is 2.75. The van der Waals surface area contributed by atoms with Gasteiger partial charge in [0.05, 0.1) is 25.4 Å². The van der Waals surface area contributed by atoms with Crippen molar-refractivity contribution in [1.82, 2.24) is 9.97 Å². The Morgan fingerprint density at radius 2 is 2.03 bits per heavy atom. The summed E-state index contributed by atoms with van der Waals surface area (Å²) in [6.45, 7) is 3.00. The van der Waals surface area contributed by atoms with Crippen LogP contribution >= 0.6 is 0 Å². The van der Waals surface area contributed by atoms with Gasteiger partial charge in [-0.2, -0.15) is 0 Å². The number of hydrogen-bond donors (Lipinski definition) is 1. The number of nitrogens with zero attached hydrogens (tertiary/aromatic N) is 4. The molecular formula is C20H23FN4O4. The van der Waals surface area contributed by atoms with Gasteiger partial charge < -0.3 is 19.6 Å². The summed E-state index contributed by atoms with van der Waals surface area (Å²) >= 11 is 0. The Labute approximate surface area is 168 Å². The van der Waals surface area contributed by atoms with Crippen LogP contribution in [0.1, 0.15) is 25.3 Å². The lowest BCUT2D eigenvalue weighted by Crippen LogP contribution is -2.48. The first-order chi connectivity index (χ1) is 14.1. The second-order valence-corrected chi connectivity index (χ2v) is 6.53. The number of aliphatic hydroxyl groups excluding tert-OH is 1. The van der Waals surface area contributed by atoms with Crippen molar-refractivity contribution in [2.45, 2.75) is 26.4 Å². The molecule has 1 aromatic heterocycles. The molecule has 3 rings (SSSR count). The topological polar surface area (TPSA) is 97.1 Å². The second kappa shape index (κ2) is 9.92. The molecule has 0 atom stereocenters. The number of esters is 1. The first-order valence-corrected chi connectivity index (χ1v) is 9.41. The highest BCUT2D eigenvalue weighted by atomic mass is 19.1. The van der Waals surface area contributed by atoms with Crippen LogP contribution in [-0.4, -0.2) is 53.1 Å². The van der Waals surface area contributed by atoms with Crippen molar-refractivity contribution in [2.24, 2.45) is 5.16 Å². The Morgan fingerprint density at radius 1 is 1.28 bits per heavy atom. The van der Waals surface area contributed by atoms with Crippen molar-refractivity contribution in [3.05, 3.63) is 42.0 Å². The minimum absolute atomic E-state index is 0.179. The highest BCUT2D eigenvalue weighted by molar-refractivity contribution is 5.98. The monoisotopic (exact) mass is 402 g/mol. The number of carbonyl (C=O) groups excluding carboxylic acids is 1. The smallest absolute Gasteiger partial charge is 0.305 e. The van der Waals surface area contributed by atoms with Crippen LogP contribution in [0.15, 0.2) is 35.7 Å². The van der Waals surface area contributed by atoms with Crippen LogP contribution in [0.25, 0.3) is 11.1 Å². The number of rotatable bonds is 9. The minimum Gasteiger partial charge on any atom is -0.462 e. The predicted molar refractivity (Wildman–Crippen MR) is 105 cm³/mol. The van der Waals surface area contributed by atoms with Crippen molar-refractivity contribution < 1.29 is 23.9 Å². The fourth-order valence-electron chi connectivity index (χ4n) is 2.75. The molecule has 0 aliphatic carbocycles. The van der Waals surface area contributed by atoms with Gasteiger partial charge in [0.15, 0.2) is 6.61 Å². The third-order valence-corrected chi connectivity index (χ3v) is 4.31. The van der Waals surface area contributed by atoms with E-state index in [2.05, 4.69) is 15.1 Å². The number of anilines is 1. The SMILES string of the molecule is CCCC(=O)OCCON=C1CN(c2ncc(-c3cccc(CO)c3F)cn2)C1.